The molecule has 20 heavy (non-hydrogen) atoms. The van der Waals surface area contributed by atoms with Crippen molar-refractivity contribution in [3.63, 3.8) is 0 Å². The van der Waals surface area contributed by atoms with Gasteiger partial charge in [-0.15, -0.1) is 0 Å². The molecule has 2 nitrogen and oxygen atoms in total. The van der Waals surface area contributed by atoms with Gasteiger partial charge in [-0.1, -0.05) is 17.0 Å². The zero-order valence-electron chi connectivity index (χ0n) is 10.3. The van der Waals surface area contributed by atoms with Gasteiger partial charge in [0, 0.05) is 0 Å². The average Bonchev–Trinajstić information content (AvgIpc) is 2.30. The molecule has 0 spiro atoms. The van der Waals surface area contributed by atoms with Crippen molar-refractivity contribution in [1.29, 1.82) is 0 Å². The number of nitrogens with one attached hydrogen (secondary N) is 1. The number of hydrogen-bond donors (Lipinski definition) is 1. The van der Waals surface area contributed by atoms with E-state index in [1.165, 1.54) is 0 Å². The molecule has 0 saturated carbocycles. The molecule has 1 aromatic carbocycles. The van der Waals surface area contributed by atoms with Crippen molar-refractivity contribution in [2.24, 2.45) is 0 Å². The molecule has 1 heterocycles. The van der Waals surface area contributed by atoms with Crippen LogP contribution >= 0.6 is 0 Å². The van der Waals surface area contributed by atoms with Crippen molar-refractivity contribution in [2.75, 3.05) is 0 Å². The molecule has 1 aromatic rings. The van der Waals surface area contributed by atoms with Gasteiger partial charge >= 0.3 is 0 Å². The molecule has 1 fully saturated rings. The summed E-state index contributed by atoms with van der Waals surface area (Å²) in [4.78, 5) is 0. The molecule has 1 N–H and O–H groups in total. The lowest BCUT2D eigenvalue weighted by atomic mass is 9.27. The van der Waals surface area contributed by atoms with Crippen LogP contribution in [0.4, 0.5) is 8.78 Å². The Hall–Kier alpha value is -0.705. The van der Waals surface area contributed by atoms with E-state index in [1.807, 2.05) is 0 Å². The monoisotopic (exact) mass is 255 g/mol. The van der Waals surface area contributed by atoms with E-state index in [0.29, 0.717) is 0 Å². The second-order valence-corrected chi connectivity index (χ2v) is 4.71. The fourth-order valence-corrected chi connectivity index (χ4v) is 1.89. The zero-order valence-corrected chi connectivity index (χ0v) is 10.3. The van der Waals surface area contributed by atoms with Gasteiger partial charge in [-0.25, -0.2) is 4.39 Å². The minimum absolute atomic E-state index is 0.315. The standard InChI is InChI=1S/C9H2B7F2NO/c10-2-1-3(11)6(5(18)4(2)17)20-7(12)8(13,14)19-9(7,15)16/h1,19H. The van der Waals surface area contributed by atoms with Crippen molar-refractivity contribution < 1.29 is 13.5 Å². The maximum absolute atomic E-state index is 13.8. The van der Waals surface area contributed by atoms with Crippen molar-refractivity contribution in [3.8, 4) is 5.75 Å². The molecule has 1 aliphatic rings. The third-order valence-electron chi connectivity index (χ3n) is 3.12. The molecule has 0 atom stereocenters. The van der Waals surface area contributed by atoms with Gasteiger partial charge in [0.25, 0.3) is 0 Å². The Morgan fingerprint density at radius 3 is 1.85 bits per heavy atom. The highest BCUT2D eigenvalue weighted by atomic mass is 19.2. The number of halogens is 2. The fraction of sp³-hybridized carbons (Fsp3) is 0.333. The minimum atomic E-state index is -2.14. The molecule has 0 bridgehead atoms. The van der Waals surface area contributed by atoms with Crippen molar-refractivity contribution in [2.45, 2.75) is 16.2 Å². The molecule has 2 rings (SSSR count). The van der Waals surface area contributed by atoms with Crippen LogP contribution in [0.25, 0.3) is 0 Å². The number of benzene rings is 1. The van der Waals surface area contributed by atoms with Crippen LogP contribution in [0.2, 0.25) is 0 Å². The fourth-order valence-electron chi connectivity index (χ4n) is 1.89. The van der Waals surface area contributed by atoms with Gasteiger partial charge in [-0.05, 0) is 10.7 Å². The van der Waals surface area contributed by atoms with Crippen LogP contribution < -0.4 is 21.0 Å². The molecular weight excluding hydrogens is 252 g/mol. The van der Waals surface area contributed by atoms with Gasteiger partial charge in [-0.3, -0.25) is 0 Å². The molecule has 0 amide bonds. The summed E-state index contributed by atoms with van der Waals surface area (Å²) >= 11 is 0. The van der Waals surface area contributed by atoms with E-state index in [2.05, 4.69) is 5.32 Å². The molecule has 0 unspecified atom stereocenters. The van der Waals surface area contributed by atoms with Gasteiger partial charge in [0.1, 0.15) is 23.5 Å². The molecule has 0 aliphatic carbocycles. The van der Waals surface area contributed by atoms with Crippen LogP contribution in [0.1, 0.15) is 0 Å². The Morgan fingerprint density at radius 2 is 1.40 bits per heavy atom. The van der Waals surface area contributed by atoms with Gasteiger partial charge in [0.05, 0.1) is 36.9 Å². The Bertz CT molecular complexity index is 566. The highest BCUT2D eigenvalue weighted by molar-refractivity contribution is 6.56. The Morgan fingerprint density at radius 1 is 0.900 bits per heavy atom. The third kappa shape index (κ3) is 1.97. The first-order valence-corrected chi connectivity index (χ1v) is 5.38. The lowest BCUT2D eigenvalue weighted by Gasteiger charge is -2.69. The van der Waals surface area contributed by atoms with Gasteiger partial charge in [0.15, 0.2) is 17.4 Å². The first-order valence-electron chi connectivity index (χ1n) is 5.38. The molecular formula is C9H2B7F2NO. The van der Waals surface area contributed by atoms with E-state index in [9.17, 15) is 8.78 Å². The molecule has 1 aliphatic heterocycles. The smallest absolute Gasteiger partial charge is 0.199 e. The quantitative estimate of drug-likeness (QED) is 0.550. The minimum Gasteiger partial charge on any atom is -0.494 e. The van der Waals surface area contributed by atoms with E-state index in [0.717, 1.165) is 6.07 Å². The van der Waals surface area contributed by atoms with E-state index in [4.69, 9.17) is 59.7 Å². The van der Waals surface area contributed by atoms with Gasteiger partial charge < -0.3 is 10.1 Å². The summed E-state index contributed by atoms with van der Waals surface area (Å²) in [6.45, 7) is 0. The van der Waals surface area contributed by atoms with E-state index in [-0.39, 0.29) is 5.46 Å². The maximum Gasteiger partial charge on any atom is 0.199 e. The van der Waals surface area contributed by atoms with E-state index in [1.54, 1.807) is 0 Å². The zero-order chi connectivity index (χ0) is 15.5. The number of rotatable bonds is 2. The topological polar surface area (TPSA) is 21.3 Å². The van der Waals surface area contributed by atoms with E-state index < -0.39 is 39.0 Å². The predicted octanol–water partition coefficient (Wildman–Crippen LogP) is -3.62. The Balaban J connectivity index is 2.48. The van der Waals surface area contributed by atoms with Crippen molar-refractivity contribution >= 4 is 65.8 Å². The van der Waals surface area contributed by atoms with Crippen LogP contribution in [0.3, 0.4) is 0 Å². The summed E-state index contributed by atoms with van der Waals surface area (Å²) < 4.78 is 32.3. The van der Waals surface area contributed by atoms with Crippen molar-refractivity contribution in [1.82, 2.24) is 5.32 Å². The molecule has 0 aromatic heterocycles. The maximum atomic E-state index is 13.8. The van der Waals surface area contributed by atoms with Gasteiger partial charge in [0.2, 0.25) is 0 Å². The van der Waals surface area contributed by atoms with Gasteiger partial charge in [-0.2, -0.15) is 4.39 Å². The second-order valence-electron chi connectivity index (χ2n) is 4.71. The number of ether oxygens (including phenoxy) is 1. The highest BCUT2D eigenvalue weighted by Crippen LogP contribution is 2.38. The molecule has 11 heteroatoms. The van der Waals surface area contributed by atoms with Crippen LogP contribution in [0, 0.1) is 11.6 Å². The molecule has 14 radical (unpaired) electrons. The third-order valence-corrected chi connectivity index (χ3v) is 3.12. The summed E-state index contributed by atoms with van der Waals surface area (Å²) in [5.74, 6) is -3.54. The largest absolute Gasteiger partial charge is 0.494 e. The summed E-state index contributed by atoms with van der Waals surface area (Å²) in [7, 11) is 38.7. The highest BCUT2D eigenvalue weighted by Gasteiger charge is 2.61. The lowest BCUT2D eigenvalue weighted by molar-refractivity contribution is 0.0159. The average molecular weight is 254 g/mol. The van der Waals surface area contributed by atoms with Crippen LogP contribution in [-0.4, -0.2) is 71.1 Å². The first kappa shape index (κ1) is 15.7. The predicted molar refractivity (Wildman–Crippen MR) is 77.9 cm³/mol. The first-order chi connectivity index (χ1) is 8.93. The molecule has 84 valence electrons. The van der Waals surface area contributed by atoms with Crippen LogP contribution in [-0.2, 0) is 0 Å². The van der Waals surface area contributed by atoms with E-state index >= 15 is 0 Å². The SMILES string of the molecule is [B]c1cc([B])c(OC2([B])C([B])([B])NC2([B])[B])c(F)c1F. The van der Waals surface area contributed by atoms with Crippen LogP contribution in [0.5, 0.6) is 5.75 Å². The number of hydrogen-bond acceptors (Lipinski definition) is 2. The summed E-state index contributed by atoms with van der Waals surface area (Å²) in [5, 5.41) is -1.45. The summed E-state index contributed by atoms with van der Waals surface area (Å²) in [6.07, 6.45) is 0. The Kier molecular flexibility index (Phi) is 3.44. The van der Waals surface area contributed by atoms with Crippen LogP contribution in [0.15, 0.2) is 6.07 Å². The lowest BCUT2D eigenvalue weighted by Crippen LogP contribution is -2.94. The van der Waals surface area contributed by atoms with Crippen molar-refractivity contribution in [3.05, 3.63) is 17.7 Å². The Labute approximate surface area is 125 Å². The molecule has 1 saturated heterocycles. The normalized spacial score (nSPS) is 21.9. The summed E-state index contributed by atoms with van der Waals surface area (Å²) in [5.41, 5.74) is -2.95. The summed E-state index contributed by atoms with van der Waals surface area (Å²) in [6, 6.07) is 0.951. The second kappa shape index (κ2) is 4.39.